The van der Waals surface area contributed by atoms with Gasteiger partial charge in [0.05, 0.1) is 30.0 Å². The Morgan fingerprint density at radius 2 is 1.86 bits per heavy atom. The number of rotatable bonds is 7. The van der Waals surface area contributed by atoms with Crippen LogP contribution in [0, 0.1) is 0 Å². The van der Waals surface area contributed by atoms with Crippen molar-refractivity contribution in [3.63, 3.8) is 0 Å². The lowest BCUT2D eigenvalue weighted by Crippen LogP contribution is -2.11. The first-order chi connectivity index (χ1) is 10.9. The fraction of sp³-hybridized carbons (Fsp3) is 0.235. The summed E-state index contributed by atoms with van der Waals surface area (Å²) in [4.78, 5) is 4.66. The van der Waals surface area contributed by atoms with E-state index < -0.39 is 0 Å². The number of anilines is 1. The Morgan fingerprint density at radius 1 is 1.05 bits per heavy atom. The number of hydrogen-bond donors (Lipinski definition) is 2. The molecule has 0 aliphatic rings. The molecule has 0 unspecified atom stereocenters. The van der Waals surface area contributed by atoms with Crippen molar-refractivity contribution in [2.45, 2.75) is 0 Å². The summed E-state index contributed by atoms with van der Waals surface area (Å²) in [5, 5.41) is 12.9. The first kappa shape index (κ1) is 15.0. The van der Waals surface area contributed by atoms with Crippen LogP contribution in [0.1, 0.15) is 0 Å². The summed E-state index contributed by atoms with van der Waals surface area (Å²) in [5.41, 5.74) is 3.23. The van der Waals surface area contributed by atoms with Gasteiger partial charge in [-0.15, -0.1) is 11.3 Å². The summed E-state index contributed by atoms with van der Waals surface area (Å²) in [5.74, 6) is 0. The van der Waals surface area contributed by atoms with Gasteiger partial charge in [-0.1, -0.05) is 12.1 Å². The second-order valence-corrected chi connectivity index (χ2v) is 5.86. The lowest BCUT2D eigenvalue weighted by Gasteiger charge is -2.07. The average molecular weight is 314 g/mol. The number of aliphatic hydroxyl groups is 1. The monoisotopic (exact) mass is 314 g/mol. The van der Waals surface area contributed by atoms with Crippen LogP contribution in [0.3, 0.4) is 0 Å². The van der Waals surface area contributed by atoms with Crippen LogP contribution in [0.25, 0.3) is 20.8 Å². The molecule has 0 saturated carbocycles. The van der Waals surface area contributed by atoms with Gasteiger partial charge in [0.15, 0.2) is 0 Å². The summed E-state index contributed by atoms with van der Waals surface area (Å²) < 4.78 is 6.42. The van der Waals surface area contributed by atoms with E-state index in [1.54, 1.807) is 11.3 Å². The molecule has 3 aromatic rings. The third-order valence-corrected chi connectivity index (χ3v) is 4.32. The highest BCUT2D eigenvalue weighted by Gasteiger charge is 2.05. The number of hydrogen-bond acceptors (Lipinski definition) is 5. The maximum absolute atomic E-state index is 8.62. The van der Waals surface area contributed by atoms with E-state index in [4.69, 9.17) is 9.84 Å². The molecule has 0 amide bonds. The Bertz CT molecular complexity index is 692. The van der Waals surface area contributed by atoms with E-state index in [0.717, 1.165) is 28.3 Å². The molecule has 2 N–H and O–H groups in total. The first-order valence-electron chi connectivity index (χ1n) is 7.25. The first-order valence-corrected chi connectivity index (χ1v) is 8.07. The Kier molecular flexibility index (Phi) is 5.00. The zero-order valence-corrected chi connectivity index (χ0v) is 13.0. The zero-order chi connectivity index (χ0) is 15.2. The molecule has 0 saturated heterocycles. The van der Waals surface area contributed by atoms with Gasteiger partial charge in [0.25, 0.3) is 0 Å². The van der Waals surface area contributed by atoms with Crippen molar-refractivity contribution in [3.05, 3.63) is 48.5 Å². The number of aromatic nitrogens is 1. The topological polar surface area (TPSA) is 54.4 Å². The van der Waals surface area contributed by atoms with Gasteiger partial charge in [-0.05, 0) is 36.4 Å². The van der Waals surface area contributed by atoms with E-state index in [1.807, 2.05) is 30.3 Å². The molecule has 0 bridgehead atoms. The maximum Gasteiger partial charge on any atom is 0.124 e. The molecule has 1 aromatic heterocycles. The molecule has 4 nitrogen and oxygen atoms in total. The number of ether oxygens (including phenoxy) is 1. The predicted molar refractivity (Wildman–Crippen MR) is 91.5 cm³/mol. The molecule has 5 heteroatoms. The van der Waals surface area contributed by atoms with Gasteiger partial charge in [-0.3, -0.25) is 0 Å². The van der Waals surface area contributed by atoms with E-state index in [-0.39, 0.29) is 6.61 Å². The molecule has 0 aliphatic heterocycles. The molecular weight excluding hydrogens is 296 g/mol. The molecule has 2 aromatic carbocycles. The van der Waals surface area contributed by atoms with Crippen molar-refractivity contribution < 1.29 is 9.84 Å². The van der Waals surface area contributed by atoms with Crippen LogP contribution in [0.4, 0.5) is 5.69 Å². The minimum Gasteiger partial charge on any atom is -0.394 e. The molecule has 0 spiro atoms. The highest BCUT2D eigenvalue weighted by molar-refractivity contribution is 7.21. The summed E-state index contributed by atoms with van der Waals surface area (Å²) >= 11 is 1.71. The molecule has 114 valence electrons. The van der Waals surface area contributed by atoms with Gasteiger partial charge in [0, 0.05) is 17.8 Å². The van der Waals surface area contributed by atoms with Gasteiger partial charge < -0.3 is 15.2 Å². The molecule has 0 fully saturated rings. The Hall–Kier alpha value is -1.95. The predicted octanol–water partition coefficient (Wildman–Crippen LogP) is 3.38. The Labute approximate surface area is 133 Å². The van der Waals surface area contributed by atoms with Crippen molar-refractivity contribution in [2.24, 2.45) is 0 Å². The van der Waals surface area contributed by atoms with Crippen LogP contribution in [0.5, 0.6) is 0 Å². The van der Waals surface area contributed by atoms with Gasteiger partial charge in [0.2, 0.25) is 0 Å². The summed E-state index contributed by atoms with van der Waals surface area (Å²) in [7, 11) is 0. The maximum atomic E-state index is 8.62. The summed E-state index contributed by atoms with van der Waals surface area (Å²) in [6.07, 6.45) is 0. The SMILES string of the molecule is OCCOCCNc1ccc(-c2nc3ccccc3s2)cc1. The molecule has 3 rings (SSSR count). The smallest absolute Gasteiger partial charge is 0.124 e. The van der Waals surface area contributed by atoms with Crippen LogP contribution >= 0.6 is 11.3 Å². The molecule has 0 atom stereocenters. The summed E-state index contributed by atoms with van der Waals surface area (Å²) in [6.45, 7) is 1.76. The lowest BCUT2D eigenvalue weighted by atomic mass is 10.2. The molecule has 0 radical (unpaired) electrons. The van der Waals surface area contributed by atoms with Crippen LogP contribution < -0.4 is 5.32 Å². The molecule has 1 heterocycles. The minimum atomic E-state index is 0.0663. The highest BCUT2D eigenvalue weighted by Crippen LogP contribution is 2.30. The average Bonchev–Trinajstić information content (AvgIpc) is 2.99. The van der Waals surface area contributed by atoms with Crippen LogP contribution in [0.2, 0.25) is 0 Å². The fourth-order valence-electron chi connectivity index (χ4n) is 2.16. The molecular formula is C17H18N2O2S. The standard InChI is InChI=1S/C17H18N2O2S/c20-10-12-21-11-9-18-14-7-5-13(6-8-14)17-19-15-3-1-2-4-16(15)22-17/h1-8,18,20H,9-12H2. The van der Waals surface area contributed by atoms with E-state index in [9.17, 15) is 0 Å². The van der Waals surface area contributed by atoms with E-state index in [0.29, 0.717) is 13.2 Å². The molecule has 0 aliphatic carbocycles. The zero-order valence-electron chi connectivity index (χ0n) is 12.2. The molecule has 22 heavy (non-hydrogen) atoms. The fourth-order valence-corrected chi connectivity index (χ4v) is 3.13. The van der Waals surface area contributed by atoms with E-state index >= 15 is 0 Å². The number of nitrogens with one attached hydrogen (secondary N) is 1. The van der Waals surface area contributed by atoms with Crippen molar-refractivity contribution in [3.8, 4) is 10.6 Å². The number of benzene rings is 2. The van der Waals surface area contributed by atoms with Crippen LogP contribution in [0.15, 0.2) is 48.5 Å². The van der Waals surface area contributed by atoms with Crippen LogP contribution in [-0.4, -0.2) is 36.5 Å². The van der Waals surface area contributed by atoms with Crippen molar-refractivity contribution >= 4 is 27.2 Å². The normalized spacial score (nSPS) is 11.0. The largest absolute Gasteiger partial charge is 0.394 e. The number of aliphatic hydroxyl groups excluding tert-OH is 1. The quantitative estimate of drug-likeness (QED) is 0.656. The number of nitrogens with zero attached hydrogens (tertiary/aromatic N) is 1. The van der Waals surface area contributed by atoms with E-state index in [2.05, 4.69) is 28.5 Å². The summed E-state index contributed by atoms with van der Waals surface area (Å²) in [6, 6.07) is 16.4. The van der Waals surface area contributed by atoms with Crippen molar-refractivity contribution in [2.75, 3.05) is 31.7 Å². The number of fused-ring (bicyclic) bond motifs is 1. The highest BCUT2D eigenvalue weighted by atomic mass is 32.1. The van der Waals surface area contributed by atoms with Crippen molar-refractivity contribution in [1.82, 2.24) is 4.98 Å². The van der Waals surface area contributed by atoms with Gasteiger partial charge in [-0.2, -0.15) is 0 Å². The van der Waals surface area contributed by atoms with Crippen LogP contribution in [-0.2, 0) is 4.74 Å². The lowest BCUT2D eigenvalue weighted by molar-refractivity contribution is 0.0992. The third-order valence-electron chi connectivity index (χ3n) is 3.24. The second kappa shape index (κ2) is 7.35. The van der Waals surface area contributed by atoms with Gasteiger partial charge >= 0.3 is 0 Å². The third kappa shape index (κ3) is 3.62. The Morgan fingerprint density at radius 3 is 2.64 bits per heavy atom. The Balaban J connectivity index is 1.63. The number of para-hydroxylation sites is 1. The minimum absolute atomic E-state index is 0.0663. The van der Waals surface area contributed by atoms with Gasteiger partial charge in [0.1, 0.15) is 5.01 Å². The second-order valence-electron chi connectivity index (χ2n) is 4.83. The van der Waals surface area contributed by atoms with Crippen molar-refractivity contribution in [1.29, 1.82) is 0 Å². The number of thiazole rings is 1. The van der Waals surface area contributed by atoms with E-state index in [1.165, 1.54) is 4.70 Å². The van der Waals surface area contributed by atoms with Gasteiger partial charge in [-0.25, -0.2) is 4.98 Å².